The quantitative estimate of drug-likeness (QED) is 0.758. The fourth-order valence-corrected chi connectivity index (χ4v) is 2.74. The van der Waals surface area contributed by atoms with Crippen LogP contribution in [-0.4, -0.2) is 49.6 Å². The van der Waals surface area contributed by atoms with Gasteiger partial charge in [-0.2, -0.15) is 0 Å². The van der Waals surface area contributed by atoms with Gasteiger partial charge in [-0.3, -0.25) is 4.90 Å². The third-order valence-corrected chi connectivity index (χ3v) is 4.08. The number of hydrogen-bond acceptors (Lipinski definition) is 3. The van der Waals surface area contributed by atoms with Crippen molar-refractivity contribution in [2.24, 2.45) is 5.73 Å². The molecule has 1 rings (SSSR count). The van der Waals surface area contributed by atoms with Crippen molar-refractivity contribution in [1.29, 1.82) is 0 Å². The second-order valence-corrected chi connectivity index (χ2v) is 6.34. The van der Waals surface area contributed by atoms with Gasteiger partial charge in [0.15, 0.2) is 0 Å². The molecule has 0 saturated carbocycles. The molecule has 0 amide bonds. The summed E-state index contributed by atoms with van der Waals surface area (Å²) in [5.74, 6) is 0. The first-order valence-electron chi connectivity index (χ1n) is 7.89. The average Bonchev–Trinajstić information content (AvgIpc) is 2.46. The van der Waals surface area contributed by atoms with E-state index >= 15 is 0 Å². The molecular formula is C17H30ClN3. The van der Waals surface area contributed by atoms with Crippen molar-refractivity contribution in [3.63, 3.8) is 0 Å². The second-order valence-electron chi connectivity index (χ2n) is 5.91. The van der Waals surface area contributed by atoms with E-state index in [1.807, 2.05) is 12.1 Å². The second kappa shape index (κ2) is 9.42. The maximum Gasteiger partial charge on any atom is 0.0499 e. The third-order valence-electron chi connectivity index (χ3n) is 3.83. The van der Waals surface area contributed by atoms with E-state index in [1.54, 1.807) is 0 Å². The Morgan fingerprint density at radius 1 is 1.05 bits per heavy atom. The van der Waals surface area contributed by atoms with Crippen LogP contribution >= 0.6 is 11.6 Å². The minimum atomic E-state index is 0.139. The van der Waals surface area contributed by atoms with E-state index in [2.05, 4.69) is 49.9 Å². The molecule has 0 aromatic heterocycles. The molecular weight excluding hydrogens is 282 g/mol. The molecule has 1 aromatic carbocycles. The largest absolute Gasteiger partial charge is 0.326 e. The van der Waals surface area contributed by atoms with Gasteiger partial charge in [0.1, 0.15) is 0 Å². The Kier molecular flexibility index (Phi) is 8.27. The molecule has 0 bridgehead atoms. The highest BCUT2D eigenvalue weighted by Crippen LogP contribution is 2.26. The first-order valence-corrected chi connectivity index (χ1v) is 8.27. The number of likely N-dealkylation sites (N-methyl/N-ethyl adjacent to an activating group) is 1. The van der Waals surface area contributed by atoms with Crippen molar-refractivity contribution < 1.29 is 0 Å². The molecule has 0 saturated heterocycles. The molecule has 120 valence electrons. The Bertz CT molecular complexity index is 392. The van der Waals surface area contributed by atoms with Gasteiger partial charge in [-0.15, -0.1) is 0 Å². The SMILES string of the molecule is CCCN(CCN(C)C)C(c1ccc(Cl)cc1)C(N)CC. The van der Waals surface area contributed by atoms with Crippen molar-refractivity contribution in [3.8, 4) is 0 Å². The molecule has 2 N–H and O–H groups in total. The van der Waals surface area contributed by atoms with E-state index in [0.29, 0.717) is 0 Å². The van der Waals surface area contributed by atoms with Gasteiger partial charge in [-0.1, -0.05) is 37.6 Å². The molecule has 0 aliphatic carbocycles. The van der Waals surface area contributed by atoms with Crippen LogP contribution in [0.15, 0.2) is 24.3 Å². The van der Waals surface area contributed by atoms with E-state index in [-0.39, 0.29) is 12.1 Å². The zero-order valence-corrected chi connectivity index (χ0v) is 14.6. The van der Waals surface area contributed by atoms with Gasteiger partial charge >= 0.3 is 0 Å². The number of hydrogen-bond donors (Lipinski definition) is 1. The maximum atomic E-state index is 6.44. The number of halogens is 1. The molecule has 2 atom stereocenters. The first kappa shape index (κ1) is 18.4. The van der Waals surface area contributed by atoms with Crippen LogP contribution in [0.2, 0.25) is 5.02 Å². The van der Waals surface area contributed by atoms with E-state index in [4.69, 9.17) is 17.3 Å². The normalized spacial score (nSPS) is 14.7. The summed E-state index contributed by atoms with van der Waals surface area (Å²) in [6.07, 6.45) is 2.10. The van der Waals surface area contributed by atoms with Crippen LogP contribution in [0, 0.1) is 0 Å². The molecule has 0 heterocycles. The lowest BCUT2D eigenvalue weighted by atomic mass is 9.96. The molecule has 21 heavy (non-hydrogen) atoms. The van der Waals surface area contributed by atoms with Crippen LogP contribution in [0.25, 0.3) is 0 Å². The number of nitrogens with two attached hydrogens (primary N) is 1. The van der Waals surface area contributed by atoms with Crippen LogP contribution in [0.5, 0.6) is 0 Å². The average molecular weight is 312 g/mol. The Balaban J connectivity index is 2.98. The number of rotatable bonds is 9. The van der Waals surface area contributed by atoms with Gasteiger partial charge in [0.2, 0.25) is 0 Å². The third kappa shape index (κ3) is 5.95. The summed E-state index contributed by atoms with van der Waals surface area (Å²) in [6, 6.07) is 8.54. The number of nitrogens with zero attached hydrogens (tertiary/aromatic N) is 2. The summed E-state index contributed by atoms with van der Waals surface area (Å²) < 4.78 is 0. The van der Waals surface area contributed by atoms with Crippen LogP contribution in [0.1, 0.15) is 38.3 Å². The summed E-state index contributed by atoms with van der Waals surface area (Å²) in [5.41, 5.74) is 7.70. The summed E-state index contributed by atoms with van der Waals surface area (Å²) in [7, 11) is 4.22. The molecule has 3 nitrogen and oxygen atoms in total. The lowest BCUT2D eigenvalue weighted by Crippen LogP contribution is -2.43. The van der Waals surface area contributed by atoms with Crippen molar-refractivity contribution in [2.45, 2.75) is 38.8 Å². The fraction of sp³-hybridized carbons (Fsp3) is 0.647. The monoisotopic (exact) mass is 311 g/mol. The molecule has 4 heteroatoms. The van der Waals surface area contributed by atoms with Crippen LogP contribution in [0.3, 0.4) is 0 Å². The first-order chi connectivity index (χ1) is 9.99. The zero-order chi connectivity index (χ0) is 15.8. The number of benzene rings is 1. The highest BCUT2D eigenvalue weighted by molar-refractivity contribution is 6.30. The molecule has 0 aliphatic rings. The molecule has 0 fully saturated rings. The predicted octanol–water partition coefficient (Wildman–Crippen LogP) is 3.39. The van der Waals surface area contributed by atoms with Gasteiger partial charge in [0.25, 0.3) is 0 Å². The Morgan fingerprint density at radius 2 is 1.67 bits per heavy atom. The molecule has 2 unspecified atom stereocenters. The van der Waals surface area contributed by atoms with Crippen molar-refractivity contribution in [2.75, 3.05) is 33.7 Å². The summed E-state index contributed by atoms with van der Waals surface area (Å²) in [6.45, 7) is 7.51. The highest BCUT2D eigenvalue weighted by atomic mass is 35.5. The standard InChI is InChI=1S/C17H30ClN3/c1-5-11-21(13-12-20(3)4)17(16(19)6-2)14-7-9-15(18)10-8-14/h7-10,16-17H,5-6,11-13,19H2,1-4H3. The molecule has 0 spiro atoms. The van der Waals surface area contributed by atoms with E-state index < -0.39 is 0 Å². The summed E-state index contributed by atoms with van der Waals surface area (Å²) in [4.78, 5) is 4.73. The van der Waals surface area contributed by atoms with Crippen molar-refractivity contribution >= 4 is 11.6 Å². The lowest BCUT2D eigenvalue weighted by molar-refractivity contribution is 0.155. The minimum Gasteiger partial charge on any atom is -0.326 e. The lowest BCUT2D eigenvalue weighted by Gasteiger charge is -2.36. The molecule has 0 aliphatic heterocycles. The van der Waals surface area contributed by atoms with Crippen LogP contribution in [-0.2, 0) is 0 Å². The highest BCUT2D eigenvalue weighted by Gasteiger charge is 2.25. The maximum absolute atomic E-state index is 6.44. The van der Waals surface area contributed by atoms with Crippen LogP contribution in [0.4, 0.5) is 0 Å². The summed E-state index contributed by atoms with van der Waals surface area (Å²) in [5, 5.41) is 0.776. The van der Waals surface area contributed by atoms with Gasteiger partial charge in [0.05, 0.1) is 0 Å². The Labute approximate surface area is 135 Å². The van der Waals surface area contributed by atoms with Gasteiger partial charge in [-0.25, -0.2) is 0 Å². The van der Waals surface area contributed by atoms with Gasteiger partial charge in [0, 0.05) is 30.2 Å². The Morgan fingerprint density at radius 3 is 2.14 bits per heavy atom. The smallest absolute Gasteiger partial charge is 0.0499 e. The van der Waals surface area contributed by atoms with Gasteiger partial charge in [-0.05, 0) is 51.2 Å². The predicted molar refractivity (Wildman–Crippen MR) is 92.9 cm³/mol. The van der Waals surface area contributed by atoms with Crippen molar-refractivity contribution in [1.82, 2.24) is 9.80 Å². The van der Waals surface area contributed by atoms with Crippen LogP contribution < -0.4 is 5.73 Å². The zero-order valence-electron chi connectivity index (χ0n) is 13.8. The van der Waals surface area contributed by atoms with Crippen molar-refractivity contribution in [3.05, 3.63) is 34.9 Å². The van der Waals surface area contributed by atoms with E-state index in [0.717, 1.165) is 37.5 Å². The fourth-order valence-electron chi connectivity index (χ4n) is 2.62. The minimum absolute atomic E-state index is 0.139. The summed E-state index contributed by atoms with van der Waals surface area (Å²) >= 11 is 6.02. The molecule has 0 radical (unpaired) electrons. The van der Waals surface area contributed by atoms with E-state index in [9.17, 15) is 0 Å². The van der Waals surface area contributed by atoms with Gasteiger partial charge < -0.3 is 10.6 Å². The topological polar surface area (TPSA) is 32.5 Å². The van der Waals surface area contributed by atoms with E-state index in [1.165, 1.54) is 5.56 Å². The molecule has 1 aromatic rings. The Hall–Kier alpha value is -0.610.